The highest BCUT2D eigenvalue weighted by molar-refractivity contribution is 9.10. The van der Waals surface area contributed by atoms with Crippen molar-refractivity contribution in [3.05, 3.63) is 33.1 Å². The third-order valence-electron chi connectivity index (χ3n) is 1.37. The van der Waals surface area contributed by atoms with E-state index in [-0.39, 0.29) is 5.78 Å². The van der Waals surface area contributed by atoms with E-state index >= 15 is 0 Å². The van der Waals surface area contributed by atoms with Gasteiger partial charge in [0.15, 0.2) is 5.78 Å². The highest BCUT2D eigenvalue weighted by atomic mass is 79.9. The number of halogens is 1. The summed E-state index contributed by atoms with van der Waals surface area (Å²) in [6.45, 7) is 0. The Morgan fingerprint density at radius 2 is 2.31 bits per heavy atom. The summed E-state index contributed by atoms with van der Waals surface area (Å²) < 4.78 is 0.867. The van der Waals surface area contributed by atoms with Gasteiger partial charge in [-0.1, -0.05) is 0 Å². The average Bonchev–Trinajstić information content (AvgIpc) is 2.47. The Morgan fingerprint density at radius 3 is 2.77 bits per heavy atom. The number of hydrogen-bond acceptors (Lipinski definition) is 3. The van der Waals surface area contributed by atoms with Crippen LogP contribution in [0.2, 0.25) is 0 Å². The molecular formula is C9H10BrNOS. The molecule has 4 heteroatoms. The molecule has 1 aromatic rings. The first-order valence-corrected chi connectivity index (χ1v) is 5.40. The Bertz CT molecular complexity index is 330. The number of ketones is 1. The van der Waals surface area contributed by atoms with Crippen LogP contribution in [0.4, 0.5) is 0 Å². The van der Waals surface area contributed by atoms with Gasteiger partial charge in [-0.05, 0) is 27.4 Å². The predicted octanol–water partition coefficient (Wildman–Crippen LogP) is 2.77. The summed E-state index contributed by atoms with van der Waals surface area (Å²) >= 11 is 4.76. The molecule has 1 heterocycles. The molecule has 0 atom stereocenters. The Hall–Kier alpha value is -0.610. The van der Waals surface area contributed by atoms with Crippen molar-refractivity contribution >= 4 is 33.0 Å². The molecule has 0 N–H and O–H groups in total. The number of carbonyl (C=O) groups excluding carboxylic acids is 1. The zero-order valence-electron chi connectivity index (χ0n) is 7.45. The lowest BCUT2D eigenvalue weighted by Gasteiger charge is -2.01. The lowest BCUT2D eigenvalue weighted by molar-refractivity contribution is 0.104. The van der Waals surface area contributed by atoms with E-state index in [0.717, 1.165) is 9.35 Å². The molecule has 0 aliphatic carbocycles. The van der Waals surface area contributed by atoms with E-state index < -0.39 is 0 Å². The lowest BCUT2D eigenvalue weighted by Crippen LogP contribution is -2.02. The van der Waals surface area contributed by atoms with Crippen molar-refractivity contribution in [2.24, 2.45) is 0 Å². The molecule has 13 heavy (non-hydrogen) atoms. The minimum Gasteiger partial charge on any atom is -0.383 e. The second kappa shape index (κ2) is 4.58. The van der Waals surface area contributed by atoms with Crippen LogP contribution in [0, 0.1) is 0 Å². The standard InChI is InChI=1S/C9H10BrNOS/c1-11(2)5-3-8(12)9-7(10)4-6-13-9/h3-6H,1-2H3/b5-3+. The molecule has 0 saturated heterocycles. The number of hydrogen-bond donors (Lipinski definition) is 0. The molecule has 0 aromatic carbocycles. The summed E-state index contributed by atoms with van der Waals surface area (Å²) in [4.78, 5) is 14.1. The van der Waals surface area contributed by atoms with E-state index in [1.165, 1.54) is 11.3 Å². The molecule has 0 radical (unpaired) electrons. The predicted molar refractivity (Wildman–Crippen MR) is 59.2 cm³/mol. The molecular weight excluding hydrogens is 250 g/mol. The van der Waals surface area contributed by atoms with Gasteiger partial charge in [0, 0.05) is 30.8 Å². The summed E-state index contributed by atoms with van der Waals surface area (Å²) in [5.74, 6) is 0.0376. The molecule has 0 amide bonds. The van der Waals surface area contributed by atoms with Crippen molar-refractivity contribution in [1.82, 2.24) is 4.90 Å². The van der Waals surface area contributed by atoms with Gasteiger partial charge in [0.05, 0.1) is 4.88 Å². The first-order valence-electron chi connectivity index (χ1n) is 3.73. The molecule has 0 saturated carbocycles. The second-order valence-corrected chi connectivity index (χ2v) is 4.51. The van der Waals surface area contributed by atoms with Gasteiger partial charge in [-0.15, -0.1) is 11.3 Å². The van der Waals surface area contributed by atoms with E-state index in [9.17, 15) is 4.79 Å². The van der Waals surface area contributed by atoms with Crippen LogP contribution in [0.5, 0.6) is 0 Å². The summed E-state index contributed by atoms with van der Waals surface area (Å²) in [5.41, 5.74) is 0. The number of allylic oxidation sites excluding steroid dienone is 1. The van der Waals surface area contributed by atoms with E-state index in [1.54, 1.807) is 12.3 Å². The van der Waals surface area contributed by atoms with Crippen molar-refractivity contribution in [1.29, 1.82) is 0 Å². The maximum Gasteiger partial charge on any atom is 0.198 e. The normalized spacial score (nSPS) is 10.7. The van der Waals surface area contributed by atoms with Gasteiger partial charge in [-0.2, -0.15) is 0 Å². The van der Waals surface area contributed by atoms with E-state index in [0.29, 0.717) is 0 Å². The van der Waals surface area contributed by atoms with Crippen molar-refractivity contribution in [3.8, 4) is 0 Å². The third kappa shape index (κ3) is 2.97. The minimum absolute atomic E-state index is 0.0376. The topological polar surface area (TPSA) is 20.3 Å². The Balaban J connectivity index is 2.75. The van der Waals surface area contributed by atoms with Gasteiger partial charge >= 0.3 is 0 Å². The van der Waals surface area contributed by atoms with Crippen LogP contribution < -0.4 is 0 Å². The van der Waals surface area contributed by atoms with E-state index in [4.69, 9.17) is 0 Å². The fourth-order valence-corrected chi connectivity index (χ4v) is 2.25. The molecule has 0 bridgehead atoms. The molecule has 0 fully saturated rings. The Morgan fingerprint density at radius 1 is 1.62 bits per heavy atom. The van der Waals surface area contributed by atoms with Crippen molar-refractivity contribution in [2.45, 2.75) is 0 Å². The van der Waals surface area contributed by atoms with Gasteiger partial charge in [-0.25, -0.2) is 0 Å². The highest BCUT2D eigenvalue weighted by Crippen LogP contribution is 2.23. The SMILES string of the molecule is CN(C)/C=C/C(=O)c1sccc1Br. The first-order chi connectivity index (χ1) is 6.11. The van der Waals surface area contributed by atoms with Crippen LogP contribution in [0.1, 0.15) is 9.67 Å². The van der Waals surface area contributed by atoms with Crippen LogP contribution in [0.15, 0.2) is 28.2 Å². The number of carbonyl (C=O) groups is 1. The number of thiophene rings is 1. The first kappa shape index (κ1) is 10.5. The largest absolute Gasteiger partial charge is 0.383 e. The molecule has 0 unspecified atom stereocenters. The quantitative estimate of drug-likeness (QED) is 0.615. The third-order valence-corrected chi connectivity index (χ3v) is 3.22. The van der Waals surface area contributed by atoms with Gasteiger partial charge in [-0.3, -0.25) is 4.79 Å². The maximum absolute atomic E-state index is 11.5. The summed E-state index contributed by atoms with van der Waals surface area (Å²) in [6, 6.07) is 1.88. The van der Waals surface area contributed by atoms with Crippen LogP contribution in [0.3, 0.4) is 0 Å². The summed E-state index contributed by atoms with van der Waals surface area (Å²) in [7, 11) is 3.76. The molecule has 0 aliphatic rings. The molecule has 1 rings (SSSR count). The number of rotatable bonds is 3. The molecule has 70 valence electrons. The average molecular weight is 260 g/mol. The van der Waals surface area contributed by atoms with Gasteiger partial charge < -0.3 is 4.90 Å². The van der Waals surface area contributed by atoms with Crippen molar-refractivity contribution < 1.29 is 4.79 Å². The number of nitrogens with zero attached hydrogens (tertiary/aromatic N) is 1. The van der Waals surface area contributed by atoms with Gasteiger partial charge in [0.25, 0.3) is 0 Å². The summed E-state index contributed by atoms with van der Waals surface area (Å²) in [6.07, 6.45) is 3.31. The smallest absolute Gasteiger partial charge is 0.198 e. The minimum atomic E-state index is 0.0376. The van der Waals surface area contributed by atoms with Crippen LogP contribution in [-0.4, -0.2) is 24.8 Å². The lowest BCUT2D eigenvalue weighted by atomic mass is 10.3. The molecule has 2 nitrogen and oxygen atoms in total. The van der Waals surface area contributed by atoms with Crippen LogP contribution in [-0.2, 0) is 0 Å². The zero-order chi connectivity index (χ0) is 9.84. The monoisotopic (exact) mass is 259 g/mol. The van der Waals surface area contributed by atoms with Gasteiger partial charge in [0.2, 0.25) is 0 Å². The Kier molecular flexibility index (Phi) is 3.69. The van der Waals surface area contributed by atoms with E-state index in [1.807, 2.05) is 30.4 Å². The molecule has 1 aromatic heterocycles. The molecule has 0 spiro atoms. The van der Waals surface area contributed by atoms with Crippen LogP contribution >= 0.6 is 27.3 Å². The maximum atomic E-state index is 11.5. The Labute approximate surface area is 90.0 Å². The molecule has 0 aliphatic heterocycles. The highest BCUT2D eigenvalue weighted by Gasteiger charge is 2.07. The van der Waals surface area contributed by atoms with Crippen molar-refractivity contribution in [3.63, 3.8) is 0 Å². The zero-order valence-corrected chi connectivity index (χ0v) is 9.85. The fraction of sp³-hybridized carbons (Fsp3) is 0.222. The van der Waals surface area contributed by atoms with Crippen LogP contribution in [0.25, 0.3) is 0 Å². The fourth-order valence-electron chi connectivity index (χ4n) is 0.762. The van der Waals surface area contributed by atoms with E-state index in [2.05, 4.69) is 15.9 Å². The summed E-state index contributed by atoms with van der Waals surface area (Å²) in [5, 5.41) is 1.89. The van der Waals surface area contributed by atoms with Gasteiger partial charge in [0.1, 0.15) is 0 Å². The van der Waals surface area contributed by atoms with Crippen molar-refractivity contribution in [2.75, 3.05) is 14.1 Å². The second-order valence-electron chi connectivity index (χ2n) is 2.74.